The van der Waals surface area contributed by atoms with E-state index in [0.29, 0.717) is 12.6 Å². The third-order valence-electron chi connectivity index (χ3n) is 5.92. The van der Waals surface area contributed by atoms with E-state index in [0.717, 1.165) is 51.9 Å². The van der Waals surface area contributed by atoms with Gasteiger partial charge in [-0.05, 0) is 29.5 Å². The Kier molecular flexibility index (Phi) is 9.58. The van der Waals surface area contributed by atoms with Crippen LogP contribution in [0.3, 0.4) is 0 Å². The molecule has 2 saturated heterocycles. The molecule has 2 aliphatic rings. The zero-order chi connectivity index (χ0) is 20.8. The molecule has 0 spiro atoms. The molecule has 2 aliphatic heterocycles. The molecule has 31 heavy (non-hydrogen) atoms. The van der Waals surface area contributed by atoms with Gasteiger partial charge >= 0.3 is 0 Å². The Hall–Kier alpha value is -1.20. The van der Waals surface area contributed by atoms with Crippen LogP contribution in [-0.2, 0) is 9.47 Å². The van der Waals surface area contributed by atoms with Crippen LogP contribution >= 0.6 is 35.3 Å². The maximum atomic E-state index is 6.10. The van der Waals surface area contributed by atoms with Crippen molar-refractivity contribution in [2.75, 3.05) is 59.6 Å². The summed E-state index contributed by atoms with van der Waals surface area (Å²) < 4.78 is 11.7. The Morgan fingerprint density at radius 3 is 2.68 bits per heavy atom. The fourth-order valence-corrected chi connectivity index (χ4v) is 5.14. The lowest BCUT2D eigenvalue weighted by Crippen LogP contribution is -2.50. The lowest BCUT2D eigenvalue weighted by molar-refractivity contribution is -0.00879. The van der Waals surface area contributed by atoms with Crippen LogP contribution in [0.15, 0.2) is 46.8 Å². The molecule has 0 aliphatic carbocycles. The van der Waals surface area contributed by atoms with Crippen LogP contribution in [0.5, 0.6) is 0 Å². The Labute approximate surface area is 206 Å². The fraction of sp³-hybridized carbons (Fsp3) is 0.522. The zero-order valence-corrected chi connectivity index (χ0v) is 21.5. The number of benzene rings is 1. The van der Waals surface area contributed by atoms with Crippen molar-refractivity contribution in [3.63, 3.8) is 0 Å². The molecule has 2 atom stereocenters. The summed E-state index contributed by atoms with van der Waals surface area (Å²) in [6, 6.07) is 13.2. The second-order valence-electron chi connectivity index (χ2n) is 7.77. The average Bonchev–Trinajstić information content (AvgIpc) is 3.32. The minimum Gasteiger partial charge on any atom is -0.379 e. The maximum Gasteiger partial charge on any atom is 0.193 e. The first-order valence-electron chi connectivity index (χ1n) is 10.7. The van der Waals surface area contributed by atoms with E-state index in [-0.39, 0.29) is 30.1 Å². The lowest BCUT2D eigenvalue weighted by Gasteiger charge is -2.38. The van der Waals surface area contributed by atoms with Gasteiger partial charge in [0.1, 0.15) is 6.10 Å². The van der Waals surface area contributed by atoms with E-state index < -0.39 is 0 Å². The lowest BCUT2D eigenvalue weighted by atomic mass is 10.0. The van der Waals surface area contributed by atoms with Gasteiger partial charge < -0.3 is 19.7 Å². The van der Waals surface area contributed by atoms with Gasteiger partial charge in [-0.2, -0.15) is 0 Å². The summed E-state index contributed by atoms with van der Waals surface area (Å²) in [5.41, 5.74) is 2.54. The highest BCUT2D eigenvalue weighted by molar-refractivity contribution is 14.0. The number of rotatable bonds is 5. The van der Waals surface area contributed by atoms with Crippen LogP contribution in [0.2, 0.25) is 0 Å². The van der Waals surface area contributed by atoms with Gasteiger partial charge in [0.25, 0.3) is 0 Å². The molecule has 1 aromatic carbocycles. The smallest absolute Gasteiger partial charge is 0.193 e. The first kappa shape index (κ1) is 24.4. The monoisotopic (exact) mass is 556 g/mol. The molecule has 2 unspecified atom stereocenters. The third kappa shape index (κ3) is 6.19. The Morgan fingerprint density at radius 2 is 1.97 bits per heavy atom. The van der Waals surface area contributed by atoms with Crippen molar-refractivity contribution in [3.05, 3.63) is 57.8 Å². The van der Waals surface area contributed by atoms with Crippen molar-refractivity contribution in [3.8, 4) is 0 Å². The highest BCUT2D eigenvalue weighted by Crippen LogP contribution is 2.27. The molecule has 2 aromatic rings. The number of hydrogen-bond donors (Lipinski definition) is 1. The third-order valence-corrected chi connectivity index (χ3v) is 6.90. The van der Waals surface area contributed by atoms with E-state index in [1.54, 1.807) is 0 Å². The van der Waals surface area contributed by atoms with Gasteiger partial charge in [-0.3, -0.25) is 9.89 Å². The van der Waals surface area contributed by atoms with E-state index in [4.69, 9.17) is 9.47 Å². The van der Waals surface area contributed by atoms with Gasteiger partial charge in [-0.25, -0.2) is 0 Å². The first-order chi connectivity index (χ1) is 14.8. The summed E-state index contributed by atoms with van der Waals surface area (Å²) in [6.07, 6.45) is 0.0748. The van der Waals surface area contributed by atoms with Crippen LogP contribution in [-0.4, -0.2) is 75.4 Å². The minimum atomic E-state index is 0. The molecular weight excluding hydrogens is 523 g/mol. The molecule has 0 saturated carbocycles. The van der Waals surface area contributed by atoms with Crippen LogP contribution in [0.25, 0.3) is 0 Å². The van der Waals surface area contributed by atoms with E-state index in [9.17, 15) is 0 Å². The number of ether oxygens (including phenoxy) is 2. The highest BCUT2D eigenvalue weighted by Gasteiger charge is 2.27. The molecule has 1 aromatic heterocycles. The minimum absolute atomic E-state index is 0. The second kappa shape index (κ2) is 12.2. The van der Waals surface area contributed by atoms with Crippen molar-refractivity contribution in [2.45, 2.75) is 19.1 Å². The van der Waals surface area contributed by atoms with E-state index in [1.807, 2.05) is 18.4 Å². The number of aliphatic imine (C=N–C) groups is 1. The highest BCUT2D eigenvalue weighted by atomic mass is 127. The van der Waals surface area contributed by atoms with Gasteiger partial charge in [-0.1, -0.05) is 30.3 Å². The summed E-state index contributed by atoms with van der Waals surface area (Å²) in [5.74, 6) is 0.951. The summed E-state index contributed by atoms with van der Waals surface area (Å²) in [4.78, 5) is 10.8. The van der Waals surface area contributed by atoms with E-state index in [1.165, 1.54) is 16.0 Å². The molecule has 2 fully saturated rings. The van der Waals surface area contributed by atoms with E-state index in [2.05, 4.69) is 68.8 Å². The predicted molar refractivity (Wildman–Crippen MR) is 138 cm³/mol. The number of thiophene rings is 1. The molecule has 0 radical (unpaired) electrons. The van der Waals surface area contributed by atoms with Gasteiger partial charge in [0.15, 0.2) is 5.96 Å². The molecule has 3 heterocycles. The number of aryl methyl sites for hydroxylation is 1. The molecule has 1 N–H and O–H groups in total. The molecule has 0 bridgehead atoms. The molecular formula is C23H33IN4O2S. The molecule has 170 valence electrons. The molecule has 6 nitrogen and oxygen atoms in total. The second-order valence-corrected chi connectivity index (χ2v) is 8.75. The summed E-state index contributed by atoms with van der Waals surface area (Å²) in [5, 5.41) is 5.82. The summed E-state index contributed by atoms with van der Waals surface area (Å²) in [6.45, 7) is 8.90. The molecule has 8 heteroatoms. The summed E-state index contributed by atoms with van der Waals surface area (Å²) in [7, 11) is 1.87. The quantitative estimate of drug-likeness (QED) is 0.346. The molecule has 0 amide bonds. The number of halogens is 1. The maximum absolute atomic E-state index is 6.10. The first-order valence-corrected chi connectivity index (χ1v) is 11.6. The van der Waals surface area contributed by atoms with Crippen molar-refractivity contribution in [1.82, 2.24) is 15.1 Å². The number of nitrogens with zero attached hydrogens (tertiary/aromatic N) is 3. The zero-order valence-electron chi connectivity index (χ0n) is 18.3. The number of hydrogen-bond acceptors (Lipinski definition) is 5. The Morgan fingerprint density at radius 1 is 1.16 bits per heavy atom. The van der Waals surface area contributed by atoms with Crippen LogP contribution in [0.1, 0.15) is 28.1 Å². The number of guanidine groups is 1. The van der Waals surface area contributed by atoms with Crippen molar-refractivity contribution >= 4 is 41.3 Å². The SMILES string of the molecule is CN=C(NCC(c1cccs1)N1CCOCC1)N1CCOC(c2ccccc2C)C1.I. The van der Waals surface area contributed by atoms with Gasteiger partial charge in [0.05, 0.1) is 32.4 Å². The van der Waals surface area contributed by atoms with Crippen LogP contribution in [0, 0.1) is 6.92 Å². The van der Waals surface area contributed by atoms with E-state index >= 15 is 0 Å². The van der Waals surface area contributed by atoms with Crippen LogP contribution < -0.4 is 5.32 Å². The predicted octanol–water partition coefficient (Wildman–Crippen LogP) is 3.70. The van der Waals surface area contributed by atoms with Crippen LogP contribution in [0.4, 0.5) is 0 Å². The number of nitrogens with one attached hydrogen (secondary N) is 1. The Balaban J connectivity index is 0.00000272. The average molecular weight is 557 g/mol. The van der Waals surface area contributed by atoms with Crippen molar-refractivity contribution < 1.29 is 9.47 Å². The van der Waals surface area contributed by atoms with Crippen molar-refractivity contribution in [2.24, 2.45) is 4.99 Å². The fourth-order valence-electron chi connectivity index (χ4n) is 4.28. The van der Waals surface area contributed by atoms with Gasteiger partial charge in [0, 0.05) is 38.1 Å². The standard InChI is InChI=1S/C23H32N4O2S.HI/c1-18-6-3-4-7-19(18)21-17-27(11-14-29-21)23(24-2)25-16-20(22-8-5-15-30-22)26-9-12-28-13-10-26;/h3-8,15,20-21H,9-14,16-17H2,1-2H3,(H,24,25);1H. The topological polar surface area (TPSA) is 49.3 Å². The largest absolute Gasteiger partial charge is 0.379 e. The normalized spacial score (nSPS) is 21.4. The van der Waals surface area contributed by atoms with Gasteiger partial charge in [-0.15, -0.1) is 35.3 Å². The Bertz CT molecular complexity index is 827. The van der Waals surface area contributed by atoms with Crippen molar-refractivity contribution in [1.29, 1.82) is 0 Å². The molecule has 4 rings (SSSR count). The number of morpholine rings is 2. The summed E-state index contributed by atoms with van der Waals surface area (Å²) >= 11 is 1.82. The van der Waals surface area contributed by atoms with Gasteiger partial charge in [0.2, 0.25) is 0 Å².